The number of imidazole rings is 1. The summed E-state index contributed by atoms with van der Waals surface area (Å²) in [6.07, 6.45) is 3.02. The first-order valence-corrected chi connectivity index (χ1v) is 10.3. The molecule has 0 aliphatic carbocycles. The van der Waals surface area contributed by atoms with Crippen molar-refractivity contribution in [3.8, 4) is 0 Å². The molecule has 0 aromatic carbocycles. The van der Waals surface area contributed by atoms with Gasteiger partial charge in [-0.05, 0) is 32.7 Å². The standard InChI is InChI=1S/C19H31N7O7/c1-10(21)16(29)25-13(6-11-8-22-9-23-11)17(30)26-14(7-15(27)28)18(31)24-12(19(32)33)4-2-3-5-20/h8-10,12-14H,2-7,20-21H2,1H3,(H,22,23)(H,24,31)(H,25,29)(H,26,30)(H,27,28)(H,32,33). The fourth-order valence-corrected chi connectivity index (χ4v) is 2.81. The first-order chi connectivity index (χ1) is 15.5. The van der Waals surface area contributed by atoms with Crippen LogP contribution in [0.25, 0.3) is 0 Å². The Labute approximate surface area is 189 Å². The fraction of sp³-hybridized carbons (Fsp3) is 0.579. The number of nitrogens with two attached hydrogens (primary N) is 2. The molecule has 14 nitrogen and oxygen atoms in total. The summed E-state index contributed by atoms with van der Waals surface area (Å²) < 4.78 is 0. The van der Waals surface area contributed by atoms with E-state index in [2.05, 4.69) is 25.9 Å². The van der Waals surface area contributed by atoms with Crippen LogP contribution in [0, 0.1) is 0 Å². The van der Waals surface area contributed by atoms with Gasteiger partial charge in [0.15, 0.2) is 0 Å². The van der Waals surface area contributed by atoms with Crippen LogP contribution < -0.4 is 27.4 Å². The van der Waals surface area contributed by atoms with E-state index in [-0.39, 0.29) is 12.8 Å². The van der Waals surface area contributed by atoms with Gasteiger partial charge >= 0.3 is 11.9 Å². The van der Waals surface area contributed by atoms with Gasteiger partial charge in [-0.25, -0.2) is 9.78 Å². The van der Waals surface area contributed by atoms with Crippen LogP contribution in [0.4, 0.5) is 0 Å². The molecular weight excluding hydrogens is 438 g/mol. The van der Waals surface area contributed by atoms with Crippen LogP contribution in [0.3, 0.4) is 0 Å². The minimum absolute atomic E-state index is 0.0391. The van der Waals surface area contributed by atoms with E-state index in [0.29, 0.717) is 25.1 Å². The highest BCUT2D eigenvalue weighted by Gasteiger charge is 2.31. The van der Waals surface area contributed by atoms with E-state index >= 15 is 0 Å². The van der Waals surface area contributed by atoms with Crippen LogP contribution in [-0.2, 0) is 30.4 Å². The Morgan fingerprint density at radius 3 is 2.12 bits per heavy atom. The van der Waals surface area contributed by atoms with E-state index < -0.39 is 60.2 Å². The lowest BCUT2D eigenvalue weighted by Crippen LogP contribution is -2.57. The normalized spacial score (nSPS) is 14.4. The highest BCUT2D eigenvalue weighted by Crippen LogP contribution is 2.05. The maximum absolute atomic E-state index is 12.9. The predicted octanol–water partition coefficient (Wildman–Crippen LogP) is -2.56. The quantitative estimate of drug-likeness (QED) is 0.125. The van der Waals surface area contributed by atoms with Gasteiger partial charge in [0.2, 0.25) is 17.7 Å². The summed E-state index contributed by atoms with van der Waals surface area (Å²) in [5.41, 5.74) is 11.4. The number of carboxylic acids is 2. The Morgan fingerprint density at radius 1 is 1.00 bits per heavy atom. The smallest absolute Gasteiger partial charge is 0.326 e. The number of carboxylic acid groups (broad SMARTS) is 2. The molecule has 0 saturated heterocycles. The number of nitrogens with one attached hydrogen (secondary N) is 4. The number of hydrogen-bond acceptors (Lipinski definition) is 8. The average Bonchev–Trinajstić information content (AvgIpc) is 3.24. The van der Waals surface area contributed by atoms with Gasteiger partial charge < -0.3 is 42.6 Å². The number of aromatic amines is 1. The lowest BCUT2D eigenvalue weighted by atomic mass is 10.1. The summed E-state index contributed by atoms with van der Waals surface area (Å²) in [7, 11) is 0. The largest absolute Gasteiger partial charge is 0.481 e. The van der Waals surface area contributed by atoms with Crippen molar-refractivity contribution >= 4 is 29.7 Å². The molecule has 0 aliphatic heterocycles. The first kappa shape index (κ1) is 27.5. The molecule has 10 N–H and O–H groups in total. The molecule has 4 atom stereocenters. The minimum atomic E-state index is -1.58. The molecule has 3 amide bonds. The topological polar surface area (TPSA) is 243 Å². The zero-order valence-corrected chi connectivity index (χ0v) is 18.2. The second-order valence-corrected chi connectivity index (χ2v) is 7.47. The highest BCUT2D eigenvalue weighted by molar-refractivity contribution is 5.95. The lowest BCUT2D eigenvalue weighted by Gasteiger charge is -2.24. The van der Waals surface area contributed by atoms with Gasteiger partial charge in [0.05, 0.1) is 18.8 Å². The molecule has 1 rings (SSSR count). The van der Waals surface area contributed by atoms with Gasteiger partial charge in [-0.2, -0.15) is 0 Å². The number of carbonyl (C=O) groups is 5. The van der Waals surface area contributed by atoms with E-state index in [4.69, 9.17) is 16.6 Å². The van der Waals surface area contributed by atoms with E-state index in [1.54, 1.807) is 0 Å². The summed E-state index contributed by atoms with van der Waals surface area (Å²) in [4.78, 5) is 66.8. The van der Waals surface area contributed by atoms with Crippen molar-refractivity contribution in [3.63, 3.8) is 0 Å². The van der Waals surface area contributed by atoms with Gasteiger partial charge in [-0.15, -0.1) is 0 Å². The fourth-order valence-electron chi connectivity index (χ4n) is 2.81. The van der Waals surface area contributed by atoms with Gasteiger partial charge in [-0.1, -0.05) is 0 Å². The summed E-state index contributed by atoms with van der Waals surface area (Å²) in [5, 5.41) is 25.5. The molecule has 0 fully saturated rings. The van der Waals surface area contributed by atoms with Crippen molar-refractivity contribution < 1.29 is 34.2 Å². The maximum Gasteiger partial charge on any atom is 0.326 e. The number of carbonyl (C=O) groups excluding carboxylic acids is 3. The number of aliphatic carboxylic acids is 2. The Balaban J connectivity index is 2.97. The molecule has 0 bridgehead atoms. The van der Waals surface area contributed by atoms with Crippen molar-refractivity contribution in [2.75, 3.05) is 6.54 Å². The summed E-state index contributed by atoms with van der Waals surface area (Å²) in [6, 6.07) is -4.99. The molecule has 1 aromatic heterocycles. The van der Waals surface area contributed by atoms with Gasteiger partial charge in [0.25, 0.3) is 0 Å². The molecule has 184 valence electrons. The predicted molar refractivity (Wildman–Crippen MR) is 115 cm³/mol. The second kappa shape index (κ2) is 13.8. The summed E-state index contributed by atoms with van der Waals surface area (Å²) in [6.45, 7) is 1.76. The van der Waals surface area contributed by atoms with Crippen molar-refractivity contribution in [2.24, 2.45) is 11.5 Å². The monoisotopic (exact) mass is 469 g/mol. The number of H-pyrrole nitrogens is 1. The summed E-state index contributed by atoms with van der Waals surface area (Å²) in [5.74, 6) is -5.17. The number of amides is 3. The van der Waals surface area contributed by atoms with Crippen LogP contribution in [0.5, 0.6) is 0 Å². The highest BCUT2D eigenvalue weighted by atomic mass is 16.4. The van der Waals surface area contributed by atoms with Gasteiger partial charge in [-0.3, -0.25) is 19.2 Å². The molecule has 0 radical (unpaired) electrons. The molecule has 0 aliphatic rings. The number of nitrogens with zero attached hydrogens (tertiary/aromatic N) is 1. The second-order valence-electron chi connectivity index (χ2n) is 7.47. The average molecular weight is 469 g/mol. The van der Waals surface area contributed by atoms with Crippen molar-refractivity contribution in [2.45, 2.75) is 63.2 Å². The van der Waals surface area contributed by atoms with Gasteiger partial charge in [0.1, 0.15) is 18.1 Å². The molecule has 14 heteroatoms. The third-order valence-electron chi connectivity index (χ3n) is 4.60. The van der Waals surface area contributed by atoms with Crippen molar-refractivity contribution in [1.29, 1.82) is 0 Å². The molecule has 33 heavy (non-hydrogen) atoms. The SMILES string of the molecule is CC(N)C(=O)NC(Cc1cnc[nH]1)C(=O)NC(CC(=O)O)C(=O)NC(CCCCN)C(=O)O. The molecule has 0 spiro atoms. The molecular formula is C19H31N7O7. The van der Waals surface area contributed by atoms with Crippen LogP contribution in [0.15, 0.2) is 12.5 Å². The third-order valence-corrected chi connectivity index (χ3v) is 4.60. The molecule has 0 saturated carbocycles. The number of aromatic nitrogens is 2. The van der Waals surface area contributed by atoms with E-state index in [9.17, 15) is 29.1 Å². The zero-order valence-electron chi connectivity index (χ0n) is 18.2. The Hall–Kier alpha value is -3.52. The van der Waals surface area contributed by atoms with Gasteiger partial charge in [0, 0.05) is 18.3 Å². The van der Waals surface area contributed by atoms with E-state index in [0.717, 1.165) is 0 Å². The Bertz CT molecular complexity index is 813. The number of unbranched alkanes of at least 4 members (excludes halogenated alkanes) is 1. The Kier molecular flexibility index (Phi) is 11.5. The third kappa shape index (κ3) is 10.1. The van der Waals surface area contributed by atoms with E-state index in [1.807, 2.05) is 0 Å². The van der Waals surface area contributed by atoms with Crippen molar-refractivity contribution in [3.05, 3.63) is 18.2 Å². The lowest BCUT2D eigenvalue weighted by molar-refractivity contribution is -0.143. The van der Waals surface area contributed by atoms with Crippen molar-refractivity contribution in [1.82, 2.24) is 25.9 Å². The molecule has 1 aromatic rings. The summed E-state index contributed by atoms with van der Waals surface area (Å²) >= 11 is 0. The van der Waals surface area contributed by atoms with E-state index in [1.165, 1.54) is 19.4 Å². The Morgan fingerprint density at radius 2 is 1.61 bits per heavy atom. The van der Waals surface area contributed by atoms with Crippen LogP contribution in [0.1, 0.15) is 38.3 Å². The minimum Gasteiger partial charge on any atom is -0.481 e. The first-order valence-electron chi connectivity index (χ1n) is 10.3. The maximum atomic E-state index is 12.9. The zero-order chi connectivity index (χ0) is 25.0. The van der Waals surface area contributed by atoms with Crippen LogP contribution in [-0.4, -0.2) is 80.6 Å². The number of hydrogen-bond donors (Lipinski definition) is 8. The molecule has 1 heterocycles. The number of rotatable bonds is 15. The van der Waals surface area contributed by atoms with Crippen LogP contribution in [0.2, 0.25) is 0 Å². The van der Waals surface area contributed by atoms with Crippen LogP contribution >= 0.6 is 0 Å². The molecule has 4 unspecified atom stereocenters.